The summed E-state index contributed by atoms with van der Waals surface area (Å²) in [7, 11) is 0. The summed E-state index contributed by atoms with van der Waals surface area (Å²) in [5, 5.41) is 0. The molecule has 0 saturated heterocycles. The highest BCUT2D eigenvalue weighted by atomic mass is 16.2. The van der Waals surface area contributed by atoms with Gasteiger partial charge in [0, 0.05) is 30.4 Å². The number of hydrogen-bond donors (Lipinski definition) is 0. The molecule has 3 rings (SSSR count). The van der Waals surface area contributed by atoms with Crippen LogP contribution in [0.4, 0.5) is 0 Å². The zero-order chi connectivity index (χ0) is 19.4. The second-order valence-corrected chi connectivity index (χ2v) is 8.55. The summed E-state index contributed by atoms with van der Waals surface area (Å²) in [6.45, 7) is 10.3. The Kier molecular flexibility index (Phi) is 6.41. The van der Waals surface area contributed by atoms with Gasteiger partial charge >= 0.3 is 0 Å². The van der Waals surface area contributed by atoms with Gasteiger partial charge in [0.1, 0.15) is 0 Å². The molecule has 0 N–H and O–H groups in total. The van der Waals surface area contributed by atoms with Gasteiger partial charge in [-0.15, -0.1) is 0 Å². The molecule has 1 heterocycles. The maximum Gasteiger partial charge on any atom is 0.226 e. The van der Waals surface area contributed by atoms with Gasteiger partial charge in [-0.1, -0.05) is 56.5 Å². The summed E-state index contributed by atoms with van der Waals surface area (Å²) in [5.74, 6) is 1.04. The second kappa shape index (κ2) is 8.77. The van der Waals surface area contributed by atoms with Crippen molar-refractivity contribution in [2.24, 2.45) is 11.8 Å². The Labute approximate surface area is 164 Å². The third-order valence-electron chi connectivity index (χ3n) is 6.14. The van der Waals surface area contributed by atoms with E-state index < -0.39 is 0 Å². The molecule has 1 amide bonds. The van der Waals surface area contributed by atoms with Crippen molar-refractivity contribution in [3.63, 3.8) is 0 Å². The first-order valence-electron chi connectivity index (χ1n) is 10.5. The van der Waals surface area contributed by atoms with Gasteiger partial charge in [0.05, 0.1) is 6.54 Å². The molecule has 2 aromatic rings. The molecule has 0 radical (unpaired) electrons. The standard InChI is InChI=1S/C24H34N2O/c1-18(2)20(4)26(24(27)22-11-5-6-12-22)17-23-13-8-14-25(23)16-21-10-7-9-19(3)15-21/h7-10,13-15,18,20,22H,5-6,11-12,16-17H2,1-4H3/t20-/m0/s1. The minimum atomic E-state index is 0.228. The molecular weight excluding hydrogens is 332 g/mol. The molecule has 0 aliphatic heterocycles. The lowest BCUT2D eigenvalue weighted by Gasteiger charge is -2.34. The van der Waals surface area contributed by atoms with Crippen LogP contribution in [0, 0.1) is 18.8 Å². The lowest BCUT2D eigenvalue weighted by Crippen LogP contribution is -2.44. The number of amides is 1. The third kappa shape index (κ3) is 4.82. The summed E-state index contributed by atoms with van der Waals surface area (Å²) in [5.41, 5.74) is 3.81. The van der Waals surface area contributed by atoms with Crippen LogP contribution in [0.2, 0.25) is 0 Å². The molecule has 27 heavy (non-hydrogen) atoms. The zero-order valence-corrected chi connectivity index (χ0v) is 17.3. The Morgan fingerprint density at radius 3 is 2.56 bits per heavy atom. The lowest BCUT2D eigenvalue weighted by molar-refractivity contribution is -0.139. The van der Waals surface area contributed by atoms with Crippen molar-refractivity contribution in [3.05, 3.63) is 59.4 Å². The Morgan fingerprint density at radius 1 is 1.15 bits per heavy atom. The molecule has 146 valence electrons. The molecule has 0 bridgehead atoms. The van der Waals surface area contributed by atoms with Crippen LogP contribution < -0.4 is 0 Å². The topological polar surface area (TPSA) is 25.2 Å². The number of carbonyl (C=O) groups excluding carboxylic acids is 1. The summed E-state index contributed by atoms with van der Waals surface area (Å²) in [6, 6.07) is 13.2. The van der Waals surface area contributed by atoms with Crippen LogP contribution in [-0.2, 0) is 17.9 Å². The van der Waals surface area contributed by atoms with Crippen LogP contribution in [0.15, 0.2) is 42.6 Å². The summed E-state index contributed by atoms with van der Waals surface area (Å²) in [6.07, 6.45) is 6.65. The number of aromatic nitrogens is 1. The van der Waals surface area contributed by atoms with E-state index in [1.165, 1.54) is 29.7 Å². The minimum Gasteiger partial charge on any atom is -0.345 e. The van der Waals surface area contributed by atoms with E-state index in [0.29, 0.717) is 18.4 Å². The number of aryl methyl sites for hydroxylation is 1. The highest BCUT2D eigenvalue weighted by Gasteiger charge is 2.31. The fourth-order valence-electron chi connectivity index (χ4n) is 4.12. The first-order chi connectivity index (χ1) is 13.0. The van der Waals surface area contributed by atoms with Gasteiger partial charge in [0.15, 0.2) is 0 Å². The molecular formula is C24H34N2O. The van der Waals surface area contributed by atoms with E-state index in [1.807, 2.05) is 0 Å². The van der Waals surface area contributed by atoms with Gasteiger partial charge in [0.2, 0.25) is 5.91 Å². The number of rotatable bonds is 7. The van der Waals surface area contributed by atoms with E-state index in [1.54, 1.807) is 0 Å². The molecule has 1 aromatic heterocycles. The predicted octanol–water partition coefficient (Wildman–Crippen LogP) is 5.41. The maximum atomic E-state index is 13.2. The van der Waals surface area contributed by atoms with Crippen molar-refractivity contribution in [1.82, 2.24) is 9.47 Å². The largest absolute Gasteiger partial charge is 0.345 e. The molecule has 1 atom stereocenters. The average molecular weight is 367 g/mol. The monoisotopic (exact) mass is 366 g/mol. The van der Waals surface area contributed by atoms with Crippen LogP contribution in [0.1, 0.15) is 63.3 Å². The Bertz CT molecular complexity index is 755. The van der Waals surface area contributed by atoms with Crippen molar-refractivity contribution < 1.29 is 4.79 Å². The fourth-order valence-corrected chi connectivity index (χ4v) is 4.12. The fraction of sp³-hybridized carbons (Fsp3) is 0.542. The van der Waals surface area contributed by atoms with Gasteiger partial charge in [0.25, 0.3) is 0 Å². The van der Waals surface area contributed by atoms with Gasteiger partial charge in [-0.2, -0.15) is 0 Å². The predicted molar refractivity (Wildman–Crippen MR) is 112 cm³/mol. The zero-order valence-electron chi connectivity index (χ0n) is 17.3. The van der Waals surface area contributed by atoms with Crippen LogP contribution in [-0.4, -0.2) is 21.4 Å². The first kappa shape index (κ1) is 19.7. The number of hydrogen-bond acceptors (Lipinski definition) is 1. The van der Waals surface area contributed by atoms with Gasteiger partial charge in [-0.05, 0) is 50.3 Å². The van der Waals surface area contributed by atoms with E-state index in [0.717, 1.165) is 19.4 Å². The second-order valence-electron chi connectivity index (χ2n) is 8.55. The van der Waals surface area contributed by atoms with Crippen molar-refractivity contribution in [3.8, 4) is 0 Å². The van der Waals surface area contributed by atoms with Gasteiger partial charge in [-0.25, -0.2) is 0 Å². The molecule has 0 unspecified atom stereocenters. The van der Waals surface area contributed by atoms with Crippen molar-refractivity contribution in [2.75, 3.05) is 0 Å². The highest BCUT2D eigenvalue weighted by molar-refractivity contribution is 5.79. The van der Waals surface area contributed by atoms with E-state index in [2.05, 4.69) is 79.8 Å². The maximum absolute atomic E-state index is 13.2. The summed E-state index contributed by atoms with van der Waals surface area (Å²) in [4.78, 5) is 15.4. The molecule has 1 saturated carbocycles. The minimum absolute atomic E-state index is 0.228. The normalized spacial score (nSPS) is 16.0. The van der Waals surface area contributed by atoms with E-state index in [9.17, 15) is 4.79 Å². The first-order valence-corrected chi connectivity index (χ1v) is 10.5. The Hall–Kier alpha value is -2.03. The summed E-state index contributed by atoms with van der Waals surface area (Å²) < 4.78 is 2.29. The average Bonchev–Trinajstić information content (AvgIpc) is 3.31. The SMILES string of the molecule is Cc1cccc(Cn2cccc2CN(C(=O)C2CCCC2)[C@@H](C)C(C)C)c1. The summed E-state index contributed by atoms with van der Waals surface area (Å²) >= 11 is 0. The Morgan fingerprint density at radius 2 is 1.89 bits per heavy atom. The molecule has 3 nitrogen and oxygen atoms in total. The van der Waals surface area contributed by atoms with Crippen LogP contribution >= 0.6 is 0 Å². The molecule has 1 aliphatic carbocycles. The number of carbonyl (C=O) groups is 1. The van der Waals surface area contributed by atoms with Crippen molar-refractivity contribution in [2.45, 2.75) is 72.5 Å². The third-order valence-corrected chi connectivity index (χ3v) is 6.14. The van der Waals surface area contributed by atoms with E-state index in [-0.39, 0.29) is 12.0 Å². The highest BCUT2D eigenvalue weighted by Crippen LogP contribution is 2.29. The quantitative estimate of drug-likeness (QED) is 0.643. The number of nitrogens with zero attached hydrogens (tertiary/aromatic N) is 2. The van der Waals surface area contributed by atoms with Crippen LogP contribution in [0.5, 0.6) is 0 Å². The van der Waals surface area contributed by atoms with Crippen molar-refractivity contribution >= 4 is 5.91 Å². The van der Waals surface area contributed by atoms with Gasteiger partial charge in [-0.3, -0.25) is 4.79 Å². The molecule has 3 heteroatoms. The molecule has 1 aliphatic rings. The lowest BCUT2D eigenvalue weighted by atomic mass is 10.00. The smallest absolute Gasteiger partial charge is 0.226 e. The molecule has 0 spiro atoms. The Balaban J connectivity index is 1.79. The van der Waals surface area contributed by atoms with E-state index in [4.69, 9.17) is 0 Å². The van der Waals surface area contributed by atoms with E-state index >= 15 is 0 Å². The van der Waals surface area contributed by atoms with Gasteiger partial charge < -0.3 is 9.47 Å². The molecule has 1 aromatic carbocycles. The molecule has 1 fully saturated rings. The van der Waals surface area contributed by atoms with Crippen molar-refractivity contribution in [1.29, 1.82) is 0 Å². The van der Waals surface area contributed by atoms with Crippen LogP contribution in [0.3, 0.4) is 0 Å². The van der Waals surface area contributed by atoms with Crippen LogP contribution in [0.25, 0.3) is 0 Å². The number of benzene rings is 1.